The third-order valence-electron chi connectivity index (χ3n) is 0.979. The highest BCUT2D eigenvalue weighted by atomic mass is 32.2. The lowest BCUT2D eigenvalue weighted by Crippen LogP contribution is -1.95. The summed E-state index contributed by atoms with van der Waals surface area (Å²) < 4.78 is 25.2. The van der Waals surface area contributed by atoms with Gasteiger partial charge in [-0.3, -0.25) is 4.21 Å². The van der Waals surface area contributed by atoms with Gasteiger partial charge in [0.25, 0.3) is 0 Å². The van der Waals surface area contributed by atoms with E-state index in [-0.39, 0.29) is 10.9 Å². The lowest BCUT2D eigenvalue weighted by molar-refractivity contribution is 0.378. The molecule has 0 bridgehead atoms. The molecule has 0 aliphatic heterocycles. The summed E-state index contributed by atoms with van der Waals surface area (Å²) in [4.78, 5) is 7.23. The lowest BCUT2D eigenvalue weighted by Gasteiger charge is -2.02. The second-order valence-corrected chi connectivity index (χ2v) is 2.58. The molecular formula is C5H5N2O3S-. The quantitative estimate of drug-likeness (QED) is 0.575. The highest BCUT2D eigenvalue weighted by Crippen LogP contribution is 2.03. The second kappa shape index (κ2) is 3.40. The van der Waals surface area contributed by atoms with Crippen LogP contribution in [0, 0.1) is 0 Å². The van der Waals surface area contributed by atoms with E-state index in [1.807, 2.05) is 0 Å². The Bertz CT molecular complexity index is 261. The minimum Gasteiger partial charge on any atom is -0.768 e. The van der Waals surface area contributed by atoms with E-state index in [2.05, 4.69) is 14.7 Å². The Balaban J connectivity index is 2.91. The standard InChI is InChI=1S/C5H6N2O3S/c1-10-5-6-2-4(3-7-5)11(8)9/h2-3H,1H3,(H,8,9)/p-1. The van der Waals surface area contributed by atoms with Crippen LogP contribution in [0.5, 0.6) is 6.01 Å². The van der Waals surface area contributed by atoms with Crippen molar-refractivity contribution in [1.82, 2.24) is 9.97 Å². The number of nitrogens with zero attached hydrogens (tertiary/aromatic N) is 2. The van der Waals surface area contributed by atoms with Crippen molar-refractivity contribution >= 4 is 11.1 Å². The van der Waals surface area contributed by atoms with Crippen LogP contribution in [0.2, 0.25) is 0 Å². The molecule has 6 heteroatoms. The predicted molar refractivity (Wildman–Crippen MR) is 35.8 cm³/mol. The largest absolute Gasteiger partial charge is 0.768 e. The molecule has 0 amide bonds. The molecule has 0 radical (unpaired) electrons. The van der Waals surface area contributed by atoms with Crippen LogP contribution in [0.15, 0.2) is 17.3 Å². The molecule has 11 heavy (non-hydrogen) atoms. The predicted octanol–water partition coefficient (Wildman–Crippen LogP) is -0.277. The Morgan fingerprint density at radius 1 is 1.55 bits per heavy atom. The Morgan fingerprint density at radius 3 is 2.45 bits per heavy atom. The second-order valence-electron chi connectivity index (χ2n) is 1.64. The van der Waals surface area contributed by atoms with Gasteiger partial charge in [-0.1, -0.05) is 0 Å². The number of hydrogen-bond donors (Lipinski definition) is 0. The summed E-state index contributed by atoms with van der Waals surface area (Å²) >= 11 is -2.27. The summed E-state index contributed by atoms with van der Waals surface area (Å²) in [5, 5.41) is 0. The lowest BCUT2D eigenvalue weighted by atomic mass is 10.7. The van der Waals surface area contributed by atoms with E-state index in [1.165, 1.54) is 19.5 Å². The minimum atomic E-state index is -2.27. The fraction of sp³-hybridized carbons (Fsp3) is 0.200. The topological polar surface area (TPSA) is 75.1 Å². The molecule has 1 heterocycles. The van der Waals surface area contributed by atoms with Crippen molar-refractivity contribution in [2.24, 2.45) is 0 Å². The van der Waals surface area contributed by atoms with Gasteiger partial charge in [0.05, 0.1) is 12.0 Å². The maximum Gasteiger partial charge on any atom is 0.316 e. The molecule has 0 saturated carbocycles. The van der Waals surface area contributed by atoms with Crippen LogP contribution < -0.4 is 4.74 Å². The van der Waals surface area contributed by atoms with Gasteiger partial charge in [0.1, 0.15) is 0 Å². The van der Waals surface area contributed by atoms with E-state index in [4.69, 9.17) is 0 Å². The number of hydrogen-bond acceptors (Lipinski definition) is 5. The molecule has 0 aliphatic rings. The van der Waals surface area contributed by atoms with Crippen molar-refractivity contribution in [3.63, 3.8) is 0 Å². The molecule has 0 spiro atoms. The number of aromatic nitrogens is 2. The average molecular weight is 173 g/mol. The van der Waals surface area contributed by atoms with E-state index in [0.717, 1.165) is 0 Å². The van der Waals surface area contributed by atoms with Gasteiger partial charge in [0.15, 0.2) is 0 Å². The summed E-state index contributed by atoms with van der Waals surface area (Å²) in [6, 6.07) is 0.152. The fourth-order valence-electron chi connectivity index (χ4n) is 0.496. The van der Waals surface area contributed by atoms with Crippen molar-refractivity contribution in [2.45, 2.75) is 4.90 Å². The van der Waals surface area contributed by atoms with Gasteiger partial charge in [-0.05, 0) is 11.1 Å². The van der Waals surface area contributed by atoms with Gasteiger partial charge in [0, 0.05) is 12.4 Å². The van der Waals surface area contributed by atoms with Gasteiger partial charge in [0.2, 0.25) is 0 Å². The summed E-state index contributed by atoms with van der Waals surface area (Å²) in [6.45, 7) is 0. The Morgan fingerprint density at radius 2 is 2.09 bits per heavy atom. The van der Waals surface area contributed by atoms with Crippen LogP contribution in [0.25, 0.3) is 0 Å². The summed E-state index contributed by atoms with van der Waals surface area (Å²) in [5.41, 5.74) is 0. The summed E-state index contributed by atoms with van der Waals surface area (Å²) in [5.74, 6) is 0. The number of ether oxygens (including phenoxy) is 1. The minimum absolute atomic E-state index is 0.0470. The maximum absolute atomic E-state index is 10.3. The first-order chi connectivity index (χ1) is 5.24. The maximum atomic E-state index is 10.3. The molecule has 5 nitrogen and oxygen atoms in total. The Hall–Kier alpha value is -1.01. The van der Waals surface area contributed by atoms with Gasteiger partial charge in [-0.2, -0.15) is 0 Å². The molecule has 0 N–H and O–H groups in total. The van der Waals surface area contributed by atoms with Crippen LogP contribution in [0.4, 0.5) is 0 Å². The molecule has 1 aromatic heterocycles. The van der Waals surface area contributed by atoms with Gasteiger partial charge >= 0.3 is 6.01 Å². The molecule has 0 aromatic carbocycles. The average Bonchev–Trinajstić information content (AvgIpc) is 2.05. The van der Waals surface area contributed by atoms with Crippen LogP contribution >= 0.6 is 0 Å². The Labute approximate surface area is 65.7 Å². The molecule has 1 aromatic rings. The zero-order valence-corrected chi connectivity index (χ0v) is 6.50. The zero-order chi connectivity index (χ0) is 8.27. The normalized spacial score (nSPS) is 12.5. The fourth-order valence-corrected chi connectivity index (χ4v) is 0.773. The van der Waals surface area contributed by atoms with E-state index in [1.54, 1.807) is 0 Å². The van der Waals surface area contributed by atoms with Crippen LogP contribution in [0.3, 0.4) is 0 Å². The molecular weight excluding hydrogens is 168 g/mol. The van der Waals surface area contributed by atoms with Crippen molar-refractivity contribution in [2.75, 3.05) is 7.11 Å². The summed E-state index contributed by atoms with van der Waals surface area (Å²) in [6.07, 6.45) is 2.35. The van der Waals surface area contributed by atoms with E-state index in [0.29, 0.717) is 0 Å². The van der Waals surface area contributed by atoms with Crippen LogP contribution in [-0.4, -0.2) is 25.8 Å². The smallest absolute Gasteiger partial charge is 0.316 e. The van der Waals surface area contributed by atoms with Crippen LogP contribution in [0.1, 0.15) is 0 Å². The molecule has 1 rings (SSSR count). The van der Waals surface area contributed by atoms with Crippen molar-refractivity contribution in [3.8, 4) is 6.01 Å². The zero-order valence-electron chi connectivity index (χ0n) is 5.68. The SMILES string of the molecule is COc1ncc(S(=O)[O-])cn1. The third kappa shape index (κ3) is 1.95. The van der Waals surface area contributed by atoms with Crippen molar-refractivity contribution in [1.29, 1.82) is 0 Å². The molecule has 0 aliphatic carbocycles. The first-order valence-electron chi connectivity index (χ1n) is 2.69. The Kier molecular flexibility index (Phi) is 2.50. The monoisotopic (exact) mass is 173 g/mol. The van der Waals surface area contributed by atoms with Crippen molar-refractivity contribution < 1.29 is 13.5 Å². The van der Waals surface area contributed by atoms with Gasteiger partial charge in [-0.15, -0.1) is 0 Å². The number of methoxy groups -OCH3 is 1. The molecule has 0 fully saturated rings. The molecule has 60 valence electrons. The van der Waals surface area contributed by atoms with E-state index >= 15 is 0 Å². The highest BCUT2D eigenvalue weighted by Gasteiger charge is 1.95. The highest BCUT2D eigenvalue weighted by molar-refractivity contribution is 7.79. The molecule has 1 atom stereocenters. The van der Waals surface area contributed by atoms with E-state index < -0.39 is 11.1 Å². The van der Waals surface area contributed by atoms with Gasteiger partial charge < -0.3 is 9.29 Å². The molecule has 1 unspecified atom stereocenters. The van der Waals surface area contributed by atoms with E-state index in [9.17, 15) is 8.76 Å². The first kappa shape index (κ1) is 8.09. The number of rotatable bonds is 2. The van der Waals surface area contributed by atoms with Gasteiger partial charge in [-0.25, -0.2) is 9.97 Å². The van der Waals surface area contributed by atoms with Crippen LogP contribution in [-0.2, 0) is 11.1 Å². The summed E-state index contributed by atoms with van der Waals surface area (Å²) in [7, 11) is 1.41. The first-order valence-corrected chi connectivity index (χ1v) is 3.77. The third-order valence-corrected chi connectivity index (χ3v) is 1.58. The molecule has 0 saturated heterocycles. The van der Waals surface area contributed by atoms with Crippen molar-refractivity contribution in [3.05, 3.63) is 12.4 Å².